The highest BCUT2D eigenvalue weighted by Gasteiger charge is 2.04. The zero-order chi connectivity index (χ0) is 13.8. The molecule has 0 unspecified atom stereocenters. The fourth-order valence-electron chi connectivity index (χ4n) is 1.98. The van der Waals surface area contributed by atoms with E-state index >= 15 is 0 Å². The first-order valence-electron chi connectivity index (χ1n) is 6.30. The molecule has 0 bridgehead atoms. The van der Waals surface area contributed by atoms with Crippen LogP contribution in [0.1, 0.15) is 29.4 Å². The minimum atomic E-state index is 0.523. The Balaban J connectivity index is 2.11. The molecule has 0 fully saturated rings. The molecule has 19 heavy (non-hydrogen) atoms. The second-order valence-electron chi connectivity index (χ2n) is 4.58. The van der Waals surface area contributed by atoms with Gasteiger partial charge in [-0.05, 0) is 19.4 Å². The van der Waals surface area contributed by atoms with Crippen LogP contribution in [0.2, 0.25) is 5.15 Å². The van der Waals surface area contributed by atoms with E-state index in [0.29, 0.717) is 5.15 Å². The number of aromatic nitrogens is 2. The molecule has 100 valence electrons. The molecule has 0 aliphatic rings. The van der Waals surface area contributed by atoms with Crippen LogP contribution in [-0.2, 0) is 12.2 Å². The van der Waals surface area contributed by atoms with Gasteiger partial charge in [-0.25, -0.2) is 9.97 Å². The number of rotatable bonds is 4. The van der Waals surface area contributed by atoms with Crippen LogP contribution in [0.5, 0.6) is 0 Å². The Labute approximate surface area is 123 Å². The first kappa shape index (κ1) is 14.4. The lowest BCUT2D eigenvalue weighted by atomic mass is 10.1. The zero-order valence-electron chi connectivity index (χ0n) is 11.4. The zero-order valence-corrected chi connectivity index (χ0v) is 13.0. The number of aryl methyl sites for hydroxylation is 3. The number of halogens is 1. The predicted octanol–water partition coefficient (Wildman–Crippen LogP) is 4.60. The highest BCUT2D eigenvalue weighted by Crippen LogP contribution is 2.24. The van der Waals surface area contributed by atoms with Crippen LogP contribution < -0.4 is 0 Å². The van der Waals surface area contributed by atoms with E-state index in [-0.39, 0.29) is 0 Å². The van der Waals surface area contributed by atoms with E-state index in [0.717, 1.165) is 23.0 Å². The first-order chi connectivity index (χ1) is 9.06. The fourth-order valence-corrected chi connectivity index (χ4v) is 3.10. The lowest BCUT2D eigenvalue weighted by molar-refractivity contribution is 0.889. The number of thioether (sulfide) groups is 1. The summed E-state index contributed by atoms with van der Waals surface area (Å²) in [5.74, 6) is 1.70. The summed E-state index contributed by atoms with van der Waals surface area (Å²) in [5, 5.41) is 1.46. The third-order valence-corrected chi connectivity index (χ3v) is 3.88. The summed E-state index contributed by atoms with van der Waals surface area (Å²) in [6.45, 7) is 6.28. The Hall–Kier alpha value is -1.06. The predicted molar refractivity (Wildman–Crippen MR) is 81.9 cm³/mol. The van der Waals surface area contributed by atoms with E-state index in [1.807, 2.05) is 13.0 Å². The molecule has 0 saturated heterocycles. The highest BCUT2D eigenvalue weighted by atomic mass is 35.5. The third-order valence-electron chi connectivity index (χ3n) is 2.70. The van der Waals surface area contributed by atoms with Crippen molar-refractivity contribution in [1.82, 2.24) is 9.97 Å². The van der Waals surface area contributed by atoms with Gasteiger partial charge in [0.2, 0.25) is 0 Å². The Morgan fingerprint density at radius 3 is 2.37 bits per heavy atom. The molecule has 0 atom stereocenters. The molecule has 0 aliphatic heterocycles. The summed E-state index contributed by atoms with van der Waals surface area (Å²) >= 11 is 7.70. The van der Waals surface area contributed by atoms with Gasteiger partial charge in [-0.15, -0.1) is 11.8 Å². The fraction of sp³-hybridized carbons (Fsp3) is 0.333. The maximum Gasteiger partial charge on any atom is 0.133 e. The molecule has 0 saturated carbocycles. The van der Waals surface area contributed by atoms with Crippen molar-refractivity contribution >= 4 is 23.4 Å². The Morgan fingerprint density at radius 1 is 1.05 bits per heavy atom. The van der Waals surface area contributed by atoms with Gasteiger partial charge in [-0.3, -0.25) is 0 Å². The van der Waals surface area contributed by atoms with E-state index in [1.54, 1.807) is 11.8 Å². The normalized spacial score (nSPS) is 10.7. The summed E-state index contributed by atoms with van der Waals surface area (Å²) < 4.78 is 0. The van der Waals surface area contributed by atoms with Crippen LogP contribution in [0.15, 0.2) is 29.3 Å². The minimum Gasteiger partial charge on any atom is -0.226 e. The van der Waals surface area contributed by atoms with Crippen molar-refractivity contribution in [3.05, 3.63) is 51.9 Å². The maximum atomic E-state index is 6.00. The summed E-state index contributed by atoms with van der Waals surface area (Å²) in [6.07, 6.45) is 0.803. The van der Waals surface area contributed by atoms with Crippen LogP contribution in [0.25, 0.3) is 0 Å². The molecule has 1 aromatic carbocycles. The Morgan fingerprint density at radius 2 is 1.74 bits per heavy atom. The monoisotopic (exact) mass is 292 g/mol. The van der Waals surface area contributed by atoms with Gasteiger partial charge in [0.15, 0.2) is 0 Å². The van der Waals surface area contributed by atoms with Crippen LogP contribution in [0, 0.1) is 13.8 Å². The summed E-state index contributed by atoms with van der Waals surface area (Å²) in [5.41, 5.74) is 3.91. The lowest BCUT2D eigenvalue weighted by Gasteiger charge is -2.06. The van der Waals surface area contributed by atoms with Gasteiger partial charge in [-0.2, -0.15) is 0 Å². The Kier molecular flexibility index (Phi) is 4.83. The second kappa shape index (κ2) is 6.40. The molecule has 0 amide bonds. The average Bonchev–Trinajstić information content (AvgIpc) is 2.34. The third kappa shape index (κ3) is 4.22. The molecular formula is C15H17ClN2S. The summed E-state index contributed by atoms with van der Waals surface area (Å²) in [6, 6.07) is 8.44. The largest absolute Gasteiger partial charge is 0.226 e. The average molecular weight is 293 g/mol. The van der Waals surface area contributed by atoms with Gasteiger partial charge < -0.3 is 0 Å². The SMILES string of the molecule is CCc1nc(Cl)cc(SCc2cc(C)cc(C)c2)n1. The molecule has 2 nitrogen and oxygen atoms in total. The molecule has 0 radical (unpaired) electrons. The molecule has 2 aromatic rings. The van der Waals surface area contributed by atoms with Gasteiger partial charge in [0.05, 0.1) is 0 Å². The van der Waals surface area contributed by atoms with Gasteiger partial charge >= 0.3 is 0 Å². The number of hydrogen-bond donors (Lipinski definition) is 0. The maximum absolute atomic E-state index is 6.00. The van der Waals surface area contributed by atoms with Gasteiger partial charge in [0, 0.05) is 18.2 Å². The standard InChI is InChI=1S/C15H17ClN2S/c1-4-14-17-13(16)8-15(18-14)19-9-12-6-10(2)5-11(3)7-12/h5-8H,4,9H2,1-3H3. The van der Waals surface area contributed by atoms with Crippen molar-refractivity contribution in [3.63, 3.8) is 0 Å². The second-order valence-corrected chi connectivity index (χ2v) is 5.97. The molecular weight excluding hydrogens is 276 g/mol. The van der Waals surface area contributed by atoms with E-state index in [4.69, 9.17) is 11.6 Å². The first-order valence-corrected chi connectivity index (χ1v) is 7.66. The van der Waals surface area contributed by atoms with Gasteiger partial charge in [-0.1, -0.05) is 47.9 Å². The van der Waals surface area contributed by atoms with Crippen LogP contribution in [0.3, 0.4) is 0 Å². The van der Waals surface area contributed by atoms with Gasteiger partial charge in [0.25, 0.3) is 0 Å². The van der Waals surface area contributed by atoms with Crippen molar-refractivity contribution in [2.24, 2.45) is 0 Å². The molecule has 0 aliphatic carbocycles. The van der Waals surface area contributed by atoms with Crippen molar-refractivity contribution in [2.75, 3.05) is 0 Å². The lowest BCUT2D eigenvalue weighted by Crippen LogP contribution is -1.95. The number of benzene rings is 1. The van der Waals surface area contributed by atoms with Crippen molar-refractivity contribution in [1.29, 1.82) is 0 Å². The topological polar surface area (TPSA) is 25.8 Å². The van der Waals surface area contributed by atoms with Crippen molar-refractivity contribution in [3.8, 4) is 0 Å². The smallest absolute Gasteiger partial charge is 0.133 e. The van der Waals surface area contributed by atoms with Crippen LogP contribution in [0.4, 0.5) is 0 Å². The van der Waals surface area contributed by atoms with Crippen LogP contribution in [-0.4, -0.2) is 9.97 Å². The molecule has 0 spiro atoms. The minimum absolute atomic E-state index is 0.523. The molecule has 1 heterocycles. The van der Waals surface area contributed by atoms with Gasteiger partial charge in [0.1, 0.15) is 16.0 Å². The quantitative estimate of drug-likeness (QED) is 0.608. The summed E-state index contributed by atoms with van der Waals surface area (Å²) in [7, 11) is 0. The Bertz CT molecular complexity index is 564. The molecule has 1 aromatic heterocycles. The van der Waals surface area contributed by atoms with E-state index in [1.165, 1.54) is 16.7 Å². The highest BCUT2D eigenvalue weighted by molar-refractivity contribution is 7.98. The molecule has 0 N–H and O–H groups in total. The summed E-state index contributed by atoms with van der Waals surface area (Å²) in [4.78, 5) is 8.66. The van der Waals surface area contributed by atoms with Crippen molar-refractivity contribution in [2.45, 2.75) is 38.0 Å². The van der Waals surface area contributed by atoms with Crippen LogP contribution >= 0.6 is 23.4 Å². The number of nitrogens with zero attached hydrogens (tertiary/aromatic N) is 2. The van der Waals surface area contributed by atoms with E-state index in [2.05, 4.69) is 42.0 Å². The molecule has 2 rings (SSSR count). The van der Waals surface area contributed by atoms with Crippen molar-refractivity contribution < 1.29 is 0 Å². The van der Waals surface area contributed by atoms with E-state index in [9.17, 15) is 0 Å². The number of hydrogen-bond acceptors (Lipinski definition) is 3. The van der Waals surface area contributed by atoms with E-state index < -0.39 is 0 Å². The molecule has 4 heteroatoms.